The third-order valence-electron chi connectivity index (χ3n) is 3.81. The standard InChI is InChI=1S/C13H19NO3S/c1-13(2,18(3,15)16)12(14)9-4-5-10-7-17-8-11(10)6-9/h4-6,12H,7-8,14H2,1-3H3. The summed E-state index contributed by atoms with van der Waals surface area (Å²) < 4.78 is 28.0. The van der Waals surface area contributed by atoms with Crippen LogP contribution in [0.25, 0.3) is 0 Å². The molecule has 0 fully saturated rings. The van der Waals surface area contributed by atoms with Crippen LogP contribution < -0.4 is 5.73 Å². The largest absolute Gasteiger partial charge is 0.372 e. The van der Waals surface area contributed by atoms with Gasteiger partial charge in [-0.3, -0.25) is 0 Å². The number of sulfone groups is 1. The van der Waals surface area contributed by atoms with Crippen LogP contribution >= 0.6 is 0 Å². The second-order valence-electron chi connectivity index (χ2n) is 5.37. The second-order valence-corrected chi connectivity index (χ2v) is 7.97. The molecule has 1 aromatic rings. The van der Waals surface area contributed by atoms with E-state index in [2.05, 4.69) is 0 Å². The van der Waals surface area contributed by atoms with E-state index in [0.717, 1.165) is 16.7 Å². The van der Waals surface area contributed by atoms with Crippen LogP contribution in [-0.4, -0.2) is 19.4 Å². The molecule has 0 aliphatic carbocycles. The number of ether oxygens (including phenoxy) is 1. The quantitative estimate of drug-likeness (QED) is 0.903. The maximum atomic E-state index is 11.8. The summed E-state index contributed by atoms with van der Waals surface area (Å²) in [5, 5.41) is 0. The Hall–Kier alpha value is -0.910. The third-order valence-corrected chi connectivity index (χ3v) is 5.97. The number of benzene rings is 1. The van der Waals surface area contributed by atoms with Gasteiger partial charge in [0.2, 0.25) is 0 Å². The Morgan fingerprint density at radius 2 is 1.89 bits per heavy atom. The van der Waals surface area contributed by atoms with Crippen LogP contribution in [0.15, 0.2) is 18.2 Å². The van der Waals surface area contributed by atoms with Gasteiger partial charge in [-0.1, -0.05) is 18.2 Å². The average Bonchev–Trinajstić information content (AvgIpc) is 2.73. The fourth-order valence-corrected chi connectivity index (χ4v) is 2.61. The van der Waals surface area contributed by atoms with Crippen molar-refractivity contribution in [3.05, 3.63) is 34.9 Å². The van der Waals surface area contributed by atoms with E-state index in [1.54, 1.807) is 13.8 Å². The lowest BCUT2D eigenvalue weighted by Crippen LogP contribution is -2.42. The smallest absolute Gasteiger partial charge is 0.154 e. The number of hydrogen-bond acceptors (Lipinski definition) is 4. The van der Waals surface area contributed by atoms with E-state index in [-0.39, 0.29) is 0 Å². The number of hydrogen-bond donors (Lipinski definition) is 1. The molecule has 0 radical (unpaired) electrons. The molecule has 1 heterocycles. The van der Waals surface area contributed by atoms with Crippen LogP contribution in [-0.2, 0) is 27.8 Å². The number of nitrogens with two attached hydrogens (primary N) is 1. The van der Waals surface area contributed by atoms with Gasteiger partial charge in [-0.05, 0) is 30.5 Å². The Bertz CT molecular complexity index is 564. The maximum absolute atomic E-state index is 11.8. The Morgan fingerprint density at radius 3 is 2.50 bits per heavy atom. The van der Waals surface area contributed by atoms with Crippen LogP contribution in [0.3, 0.4) is 0 Å². The maximum Gasteiger partial charge on any atom is 0.154 e. The first-order valence-corrected chi connectivity index (χ1v) is 7.77. The van der Waals surface area contributed by atoms with Crippen LogP contribution in [0, 0.1) is 0 Å². The fraction of sp³-hybridized carbons (Fsp3) is 0.538. The van der Waals surface area contributed by atoms with Gasteiger partial charge in [0.15, 0.2) is 9.84 Å². The predicted molar refractivity (Wildman–Crippen MR) is 70.8 cm³/mol. The molecular formula is C13H19NO3S. The summed E-state index contributed by atoms with van der Waals surface area (Å²) in [4.78, 5) is 0. The molecular weight excluding hydrogens is 250 g/mol. The molecule has 0 saturated carbocycles. The van der Waals surface area contributed by atoms with E-state index in [4.69, 9.17) is 10.5 Å². The monoisotopic (exact) mass is 269 g/mol. The molecule has 5 heteroatoms. The lowest BCUT2D eigenvalue weighted by atomic mass is 9.93. The molecule has 4 nitrogen and oxygen atoms in total. The van der Waals surface area contributed by atoms with E-state index < -0.39 is 20.6 Å². The highest BCUT2D eigenvalue weighted by Gasteiger charge is 2.37. The fourth-order valence-electron chi connectivity index (χ4n) is 2.02. The Balaban J connectivity index is 2.38. The molecule has 1 unspecified atom stereocenters. The summed E-state index contributed by atoms with van der Waals surface area (Å²) in [6.07, 6.45) is 1.23. The van der Waals surface area contributed by atoms with E-state index in [1.165, 1.54) is 6.26 Å². The predicted octanol–water partition coefficient (Wildman–Crippen LogP) is 1.54. The van der Waals surface area contributed by atoms with Crippen molar-refractivity contribution in [3.8, 4) is 0 Å². The second kappa shape index (κ2) is 4.33. The molecule has 18 heavy (non-hydrogen) atoms. The Kier molecular flexibility index (Phi) is 3.25. The first-order valence-electron chi connectivity index (χ1n) is 5.88. The van der Waals surface area contributed by atoms with Crippen molar-refractivity contribution in [3.63, 3.8) is 0 Å². The normalized spacial score (nSPS) is 17.6. The van der Waals surface area contributed by atoms with E-state index >= 15 is 0 Å². The molecule has 1 aromatic carbocycles. The van der Waals surface area contributed by atoms with Crippen LogP contribution in [0.1, 0.15) is 36.6 Å². The molecule has 0 spiro atoms. The summed E-state index contributed by atoms with van der Waals surface area (Å²) in [5.74, 6) is 0. The van der Waals surface area contributed by atoms with Gasteiger partial charge in [-0.2, -0.15) is 0 Å². The minimum absolute atomic E-state index is 0.543. The molecule has 2 rings (SSSR count). The molecule has 0 aromatic heterocycles. The van der Waals surface area contributed by atoms with Crippen molar-refractivity contribution >= 4 is 9.84 Å². The van der Waals surface area contributed by atoms with Gasteiger partial charge in [0.05, 0.1) is 18.0 Å². The lowest BCUT2D eigenvalue weighted by molar-refractivity contribution is 0.134. The first kappa shape index (κ1) is 13.5. The molecule has 1 aliphatic rings. The minimum Gasteiger partial charge on any atom is -0.372 e. The van der Waals surface area contributed by atoms with Crippen molar-refractivity contribution in [2.24, 2.45) is 5.73 Å². The van der Waals surface area contributed by atoms with E-state index in [9.17, 15) is 8.42 Å². The molecule has 0 bridgehead atoms. The Morgan fingerprint density at radius 1 is 1.28 bits per heavy atom. The highest BCUT2D eigenvalue weighted by molar-refractivity contribution is 7.92. The zero-order valence-corrected chi connectivity index (χ0v) is 11.8. The summed E-state index contributed by atoms with van der Waals surface area (Å²) in [6, 6.07) is 5.28. The van der Waals surface area contributed by atoms with Crippen molar-refractivity contribution < 1.29 is 13.2 Å². The molecule has 2 N–H and O–H groups in total. The zero-order chi connectivity index (χ0) is 13.6. The van der Waals surface area contributed by atoms with Gasteiger partial charge >= 0.3 is 0 Å². The van der Waals surface area contributed by atoms with E-state index in [0.29, 0.717) is 13.2 Å². The van der Waals surface area contributed by atoms with Crippen molar-refractivity contribution in [1.82, 2.24) is 0 Å². The van der Waals surface area contributed by atoms with Gasteiger partial charge in [-0.25, -0.2) is 8.42 Å². The molecule has 0 saturated heterocycles. The van der Waals surface area contributed by atoms with Gasteiger partial charge < -0.3 is 10.5 Å². The molecule has 1 aliphatic heterocycles. The summed E-state index contributed by atoms with van der Waals surface area (Å²) in [6.45, 7) is 4.53. The molecule has 100 valence electrons. The highest BCUT2D eigenvalue weighted by atomic mass is 32.2. The van der Waals surface area contributed by atoms with Crippen molar-refractivity contribution in [1.29, 1.82) is 0 Å². The third kappa shape index (κ3) is 2.18. The van der Waals surface area contributed by atoms with Crippen LogP contribution in [0.2, 0.25) is 0 Å². The first-order chi connectivity index (χ1) is 8.23. The number of fused-ring (bicyclic) bond motifs is 1. The zero-order valence-electron chi connectivity index (χ0n) is 10.9. The van der Waals surface area contributed by atoms with Gasteiger partial charge in [0.25, 0.3) is 0 Å². The highest BCUT2D eigenvalue weighted by Crippen LogP contribution is 2.32. The van der Waals surface area contributed by atoms with Gasteiger partial charge in [0, 0.05) is 12.3 Å². The Labute approximate surface area is 108 Å². The SMILES string of the molecule is CC(C)(C(N)c1ccc2c(c1)COC2)S(C)(=O)=O. The topological polar surface area (TPSA) is 69.4 Å². The summed E-state index contributed by atoms with van der Waals surface area (Å²) in [5.41, 5.74) is 9.23. The summed E-state index contributed by atoms with van der Waals surface area (Å²) in [7, 11) is -3.22. The average molecular weight is 269 g/mol. The van der Waals surface area contributed by atoms with E-state index in [1.807, 2.05) is 18.2 Å². The van der Waals surface area contributed by atoms with Crippen LogP contribution in [0.4, 0.5) is 0 Å². The van der Waals surface area contributed by atoms with Crippen molar-refractivity contribution in [2.45, 2.75) is 37.9 Å². The lowest BCUT2D eigenvalue weighted by Gasteiger charge is -2.30. The van der Waals surface area contributed by atoms with Gasteiger partial charge in [0.1, 0.15) is 0 Å². The van der Waals surface area contributed by atoms with Gasteiger partial charge in [-0.15, -0.1) is 0 Å². The number of rotatable bonds is 3. The van der Waals surface area contributed by atoms with Crippen LogP contribution in [0.5, 0.6) is 0 Å². The van der Waals surface area contributed by atoms with Crippen molar-refractivity contribution in [2.75, 3.05) is 6.26 Å². The molecule has 0 amide bonds. The molecule has 1 atom stereocenters. The summed E-state index contributed by atoms with van der Waals surface area (Å²) >= 11 is 0. The minimum atomic E-state index is -3.22.